The Hall–Kier alpha value is -1.51. The second-order valence-electron chi connectivity index (χ2n) is 6.76. The minimum absolute atomic E-state index is 0.0485. The fourth-order valence-corrected chi connectivity index (χ4v) is 5.15. The largest absolute Gasteiger partial charge is 0.307 e. The number of likely N-dealkylation sites (N-methyl/N-ethyl adjacent to an activating group) is 1. The Morgan fingerprint density at radius 2 is 2.04 bits per heavy atom. The Bertz CT molecular complexity index is 887. The molecule has 0 unspecified atom stereocenters. The first-order chi connectivity index (χ1) is 11.9. The van der Waals surface area contributed by atoms with Crippen LogP contribution in [0.2, 0.25) is 0 Å². The van der Waals surface area contributed by atoms with Gasteiger partial charge < -0.3 is 4.57 Å². The number of benzene rings is 1. The van der Waals surface area contributed by atoms with Crippen molar-refractivity contribution >= 4 is 22.1 Å². The van der Waals surface area contributed by atoms with E-state index < -0.39 is 9.84 Å². The highest BCUT2D eigenvalue weighted by atomic mass is 32.2. The predicted octanol–water partition coefficient (Wildman–Crippen LogP) is 1.99. The van der Waals surface area contributed by atoms with E-state index >= 15 is 0 Å². The Labute approximate surface area is 154 Å². The highest BCUT2D eigenvalue weighted by Crippen LogP contribution is 2.27. The molecule has 1 atom stereocenters. The van der Waals surface area contributed by atoms with Crippen LogP contribution in [0.4, 0.5) is 0 Å². The van der Waals surface area contributed by atoms with Crippen LogP contribution in [-0.2, 0) is 30.0 Å². The zero-order chi connectivity index (χ0) is 18.0. The fourth-order valence-electron chi connectivity index (χ4n) is 3.21. The van der Waals surface area contributed by atoms with Crippen LogP contribution in [0.25, 0.3) is 0 Å². The van der Waals surface area contributed by atoms with Crippen LogP contribution in [-0.4, -0.2) is 52.8 Å². The maximum atomic E-state index is 11.7. The number of hydrogen-bond acceptors (Lipinski definition) is 5. The van der Waals surface area contributed by atoms with Gasteiger partial charge in [-0.05, 0) is 37.7 Å². The van der Waals surface area contributed by atoms with E-state index in [9.17, 15) is 8.42 Å². The molecule has 0 spiro atoms. The van der Waals surface area contributed by atoms with Crippen molar-refractivity contribution in [2.24, 2.45) is 7.05 Å². The number of rotatable bonds is 6. The molecule has 3 rings (SSSR count). The third-order valence-electron chi connectivity index (χ3n) is 4.67. The van der Waals surface area contributed by atoms with Crippen molar-refractivity contribution in [2.75, 3.05) is 25.1 Å². The van der Waals surface area contributed by atoms with Crippen LogP contribution in [0, 0.1) is 4.77 Å². The standard InChI is InChI=1S/C17H24N4O2S2/c1-19(10-8-14-6-4-3-5-7-14)13-21-17(24)20(2)16(18-21)15-9-11-25(22,23)12-15/h3-7,15H,8-13H2,1-2H3/t15-/m0/s1. The molecule has 2 aromatic rings. The summed E-state index contributed by atoms with van der Waals surface area (Å²) in [5.41, 5.74) is 1.30. The van der Waals surface area contributed by atoms with Gasteiger partial charge in [0.05, 0.1) is 18.2 Å². The molecule has 1 aromatic carbocycles. The lowest BCUT2D eigenvalue weighted by Crippen LogP contribution is -2.25. The molecule has 0 bridgehead atoms. The molecule has 0 N–H and O–H groups in total. The summed E-state index contributed by atoms with van der Waals surface area (Å²) in [5.74, 6) is 1.15. The second kappa shape index (κ2) is 7.39. The zero-order valence-electron chi connectivity index (χ0n) is 14.6. The quantitative estimate of drug-likeness (QED) is 0.717. The van der Waals surface area contributed by atoms with E-state index in [4.69, 9.17) is 12.2 Å². The Balaban J connectivity index is 1.67. The topological polar surface area (TPSA) is 60.1 Å². The van der Waals surface area contributed by atoms with Crippen LogP contribution in [0.1, 0.15) is 23.7 Å². The Morgan fingerprint density at radius 1 is 1.32 bits per heavy atom. The summed E-state index contributed by atoms with van der Waals surface area (Å²) in [6, 6.07) is 10.4. The molecule has 136 valence electrons. The molecule has 1 aliphatic rings. The molecule has 2 heterocycles. The Kier molecular flexibility index (Phi) is 5.41. The molecule has 0 amide bonds. The molecule has 1 aliphatic heterocycles. The van der Waals surface area contributed by atoms with E-state index in [1.807, 2.05) is 36.9 Å². The summed E-state index contributed by atoms with van der Waals surface area (Å²) >= 11 is 5.49. The molecule has 1 saturated heterocycles. The molecule has 0 radical (unpaired) electrons. The second-order valence-corrected chi connectivity index (χ2v) is 9.35. The normalized spacial score (nSPS) is 19.6. The third kappa shape index (κ3) is 4.37. The number of hydrogen-bond donors (Lipinski definition) is 0. The number of sulfone groups is 1. The van der Waals surface area contributed by atoms with Gasteiger partial charge in [-0.25, -0.2) is 13.1 Å². The van der Waals surface area contributed by atoms with Crippen LogP contribution in [0.5, 0.6) is 0 Å². The molecular formula is C17H24N4O2S2. The van der Waals surface area contributed by atoms with Crippen LogP contribution in [0.15, 0.2) is 30.3 Å². The van der Waals surface area contributed by atoms with E-state index in [1.165, 1.54) is 5.56 Å². The van der Waals surface area contributed by atoms with Crippen LogP contribution >= 0.6 is 12.2 Å². The van der Waals surface area contributed by atoms with Gasteiger partial charge in [0.15, 0.2) is 14.6 Å². The van der Waals surface area contributed by atoms with E-state index in [1.54, 1.807) is 4.68 Å². The third-order valence-corrected chi connectivity index (χ3v) is 6.93. The van der Waals surface area contributed by atoms with Crippen molar-refractivity contribution in [3.8, 4) is 0 Å². The van der Waals surface area contributed by atoms with Gasteiger partial charge in [-0.1, -0.05) is 30.3 Å². The average Bonchev–Trinajstić information content (AvgIpc) is 3.08. The summed E-state index contributed by atoms with van der Waals surface area (Å²) in [4.78, 5) is 2.17. The predicted molar refractivity (Wildman–Crippen MR) is 101 cm³/mol. The molecule has 6 nitrogen and oxygen atoms in total. The first-order valence-corrected chi connectivity index (χ1v) is 10.7. The molecule has 8 heteroatoms. The van der Waals surface area contributed by atoms with Gasteiger partial charge in [-0.2, -0.15) is 5.10 Å². The summed E-state index contributed by atoms with van der Waals surface area (Å²) < 4.78 is 27.7. The van der Waals surface area contributed by atoms with Gasteiger partial charge in [-0.3, -0.25) is 4.90 Å². The molecule has 1 fully saturated rings. The molecule has 25 heavy (non-hydrogen) atoms. The molecular weight excluding hydrogens is 356 g/mol. The van der Waals surface area contributed by atoms with Crippen molar-refractivity contribution in [3.05, 3.63) is 46.5 Å². The van der Waals surface area contributed by atoms with Gasteiger partial charge in [0.1, 0.15) is 5.82 Å². The van der Waals surface area contributed by atoms with Crippen molar-refractivity contribution in [3.63, 3.8) is 0 Å². The summed E-state index contributed by atoms with van der Waals surface area (Å²) in [6.45, 7) is 1.49. The summed E-state index contributed by atoms with van der Waals surface area (Å²) in [7, 11) is 0.979. The van der Waals surface area contributed by atoms with Crippen molar-refractivity contribution < 1.29 is 8.42 Å². The van der Waals surface area contributed by atoms with Gasteiger partial charge >= 0.3 is 0 Å². The van der Waals surface area contributed by atoms with Crippen molar-refractivity contribution in [2.45, 2.75) is 25.4 Å². The first-order valence-electron chi connectivity index (χ1n) is 8.42. The smallest absolute Gasteiger partial charge is 0.198 e. The maximum Gasteiger partial charge on any atom is 0.198 e. The van der Waals surface area contributed by atoms with Gasteiger partial charge in [-0.15, -0.1) is 0 Å². The molecule has 1 aromatic heterocycles. The van der Waals surface area contributed by atoms with Crippen molar-refractivity contribution in [1.82, 2.24) is 19.2 Å². The molecule has 0 aliphatic carbocycles. The number of aromatic nitrogens is 3. The van der Waals surface area contributed by atoms with E-state index in [0.29, 0.717) is 17.9 Å². The van der Waals surface area contributed by atoms with Gasteiger partial charge in [0, 0.05) is 19.5 Å². The zero-order valence-corrected chi connectivity index (χ0v) is 16.3. The van der Waals surface area contributed by atoms with Crippen LogP contribution in [0.3, 0.4) is 0 Å². The SMILES string of the molecule is CN(CCc1ccccc1)Cn1nc([C@H]2CCS(=O)(=O)C2)n(C)c1=S. The van der Waals surface area contributed by atoms with Gasteiger partial charge in [0.25, 0.3) is 0 Å². The van der Waals surface area contributed by atoms with E-state index in [0.717, 1.165) is 18.8 Å². The lowest BCUT2D eigenvalue weighted by molar-refractivity contribution is 0.254. The van der Waals surface area contributed by atoms with E-state index in [2.05, 4.69) is 22.1 Å². The highest BCUT2D eigenvalue weighted by molar-refractivity contribution is 7.91. The first kappa shape index (κ1) is 18.3. The monoisotopic (exact) mass is 380 g/mol. The van der Waals surface area contributed by atoms with Crippen LogP contribution < -0.4 is 0 Å². The van der Waals surface area contributed by atoms with E-state index in [-0.39, 0.29) is 17.4 Å². The minimum Gasteiger partial charge on any atom is -0.307 e. The maximum absolute atomic E-state index is 11.7. The summed E-state index contributed by atoms with van der Waals surface area (Å²) in [6.07, 6.45) is 1.59. The lowest BCUT2D eigenvalue weighted by atomic mass is 10.1. The Morgan fingerprint density at radius 3 is 2.68 bits per heavy atom. The fraction of sp³-hybridized carbons (Fsp3) is 0.529. The summed E-state index contributed by atoms with van der Waals surface area (Å²) in [5, 5.41) is 4.62. The van der Waals surface area contributed by atoms with Crippen molar-refractivity contribution in [1.29, 1.82) is 0 Å². The molecule has 0 saturated carbocycles. The minimum atomic E-state index is -2.93. The average molecular weight is 381 g/mol. The van der Waals surface area contributed by atoms with Gasteiger partial charge in [0.2, 0.25) is 0 Å². The highest BCUT2D eigenvalue weighted by Gasteiger charge is 2.32. The number of nitrogens with zero attached hydrogens (tertiary/aromatic N) is 4. The lowest BCUT2D eigenvalue weighted by Gasteiger charge is -2.16.